The lowest BCUT2D eigenvalue weighted by Gasteiger charge is -1.99. The van der Waals surface area contributed by atoms with Crippen molar-refractivity contribution >= 4 is 5.97 Å². The molecule has 16 heavy (non-hydrogen) atoms. The van der Waals surface area contributed by atoms with Gasteiger partial charge in [-0.2, -0.15) is 0 Å². The molecule has 1 aromatic heterocycles. The van der Waals surface area contributed by atoms with Crippen LogP contribution in [0.4, 0.5) is 4.39 Å². The van der Waals surface area contributed by atoms with Crippen molar-refractivity contribution in [3.63, 3.8) is 0 Å². The predicted molar refractivity (Wildman–Crippen MR) is 50.5 cm³/mol. The lowest BCUT2D eigenvalue weighted by molar-refractivity contribution is 0.0652. The highest BCUT2D eigenvalue weighted by Crippen LogP contribution is 2.29. The molecule has 6 heteroatoms. The van der Waals surface area contributed by atoms with E-state index < -0.39 is 11.8 Å². The number of carbonyl (C=O) groups is 1. The molecule has 0 aliphatic carbocycles. The fourth-order valence-corrected chi connectivity index (χ4v) is 1.22. The van der Waals surface area contributed by atoms with E-state index in [1.165, 1.54) is 0 Å². The zero-order valence-corrected chi connectivity index (χ0v) is 7.85. The van der Waals surface area contributed by atoms with E-state index in [9.17, 15) is 14.3 Å². The van der Waals surface area contributed by atoms with E-state index in [1.54, 1.807) is 0 Å². The Kier molecular flexibility index (Phi) is 2.32. The summed E-state index contributed by atoms with van der Waals surface area (Å²) in [5, 5.41) is 21.5. The van der Waals surface area contributed by atoms with E-state index in [-0.39, 0.29) is 22.8 Å². The molecular weight excluding hydrogens is 217 g/mol. The van der Waals surface area contributed by atoms with Gasteiger partial charge >= 0.3 is 5.97 Å². The Morgan fingerprint density at radius 2 is 2.12 bits per heavy atom. The third-order valence-corrected chi connectivity index (χ3v) is 1.96. The quantitative estimate of drug-likeness (QED) is 0.812. The molecule has 0 radical (unpaired) electrons. The van der Waals surface area contributed by atoms with E-state index in [1.807, 2.05) is 0 Å². The maximum atomic E-state index is 12.9. The van der Waals surface area contributed by atoms with Crippen LogP contribution in [0.3, 0.4) is 0 Å². The van der Waals surface area contributed by atoms with Gasteiger partial charge in [-0.1, -0.05) is 5.16 Å². The first-order valence-corrected chi connectivity index (χ1v) is 4.27. The summed E-state index contributed by atoms with van der Waals surface area (Å²) in [6.07, 6.45) is 0. The van der Waals surface area contributed by atoms with Crippen LogP contribution in [-0.4, -0.2) is 21.3 Å². The second kappa shape index (κ2) is 3.65. The van der Waals surface area contributed by atoms with Gasteiger partial charge in [-0.25, -0.2) is 9.18 Å². The van der Waals surface area contributed by atoms with Crippen LogP contribution >= 0.6 is 0 Å². The van der Waals surface area contributed by atoms with E-state index in [0.717, 1.165) is 24.3 Å². The molecule has 2 rings (SSSR count). The number of rotatable bonds is 2. The normalized spacial score (nSPS) is 10.3. The number of hydrogen-bond donors (Lipinski definition) is 2. The molecule has 5 nitrogen and oxygen atoms in total. The first kappa shape index (κ1) is 10.2. The van der Waals surface area contributed by atoms with Gasteiger partial charge in [-0.3, -0.25) is 0 Å². The van der Waals surface area contributed by atoms with Gasteiger partial charge < -0.3 is 14.7 Å². The summed E-state index contributed by atoms with van der Waals surface area (Å²) in [6.45, 7) is 0. The molecule has 0 fully saturated rings. The third kappa shape index (κ3) is 1.72. The minimum Gasteiger partial charge on any atom is -0.507 e. The largest absolute Gasteiger partial charge is 0.507 e. The molecule has 0 bridgehead atoms. The Labute approximate surface area is 88.7 Å². The summed E-state index contributed by atoms with van der Waals surface area (Å²) in [6, 6.07) is 4.38. The molecule has 0 unspecified atom stereocenters. The fourth-order valence-electron chi connectivity index (χ4n) is 1.22. The van der Waals surface area contributed by atoms with Gasteiger partial charge in [0.15, 0.2) is 0 Å². The van der Waals surface area contributed by atoms with Crippen molar-refractivity contribution in [1.29, 1.82) is 0 Å². The van der Waals surface area contributed by atoms with Crippen molar-refractivity contribution in [2.45, 2.75) is 0 Å². The van der Waals surface area contributed by atoms with Gasteiger partial charge in [-0.05, 0) is 18.2 Å². The number of phenolic OH excluding ortho intramolecular Hbond substituents is 1. The molecule has 0 spiro atoms. The molecule has 0 aliphatic rings. The number of aromatic nitrogens is 1. The van der Waals surface area contributed by atoms with Crippen LogP contribution in [0.2, 0.25) is 0 Å². The summed E-state index contributed by atoms with van der Waals surface area (Å²) in [5.74, 6) is -2.42. The second-order valence-electron chi connectivity index (χ2n) is 3.04. The van der Waals surface area contributed by atoms with Gasteiger partial charge in [0.1, 0.15) is 17.3 Å². The Balaban J connectivity index is 2.50. The molecular formula is C10H6FNO4. The van der Waals surface area contributed by atoms with Crippen molar-refractivity contribution in [3.8, 4) is 17.0 Å². The van der Waals surface area contributed by atoms with Gasteiger partial charge in [0.25, 0.3) is 0 Å². The lowest BCUT2D eigenvalue weighted by atomic mass is 10.1. The number of carboxylic acid groups (broad SMARTS) is 1. The first-order valence-electron chi connectivity index (χ1n) is 4.27. The average Bonchev–Trinajstić information content (AvgIpc) is 2.70. The molecule has 0 amide bonds. The lowest BCUT2D eigenvalue weighted by Crippen LogP contribution is -1.91. The summed E-state index contributed by atoms with van der Waals surface area (Å²) >= 11 is 0. The molecule has 0 saturated heterocycles. The van der Waals surface area contributed by atoms with E-state index >= 15 is 0 Å². The number of aromatic carboxylic acids is 1. The number of halogens is 1. The molecule has 82 valence electrons. The number of phenols is 1. The number of benzene rings is 1. The molecule has 2 N–H and O–H groups in total. The predicted octanol–water partition coefficient (Wildman–Crippen LogP) is 1.88. The molecule has 0 atom stereocenters. The van der Waals surface area contributed by atoms with Crippen molar-refractivity contribution in [2.75, 3.05) is 0 Å². The number of nitrogens with zero attached hydrogens (tertiary/aromatic N) is 1. The Hall–Kier alpha value is -2.37. The highest BCUT2D eigenvalue weighted by atomic mass is 19.1. The van der Waals surface area contributed by atoms with Gasteiger partial charge in [0.05, 0.1) is 0 Å². The van der Waals surface area contributed by atoms with Crippen molar-refractivity contribution < 1.29 is 23.9 Å². The summed E-state index contributed by atoms with van der Waals surface area (Å²) < 4.78 is 17.4. The van der Waals surface area contributed by atoms with Gasteiger partial charge in [0, 0.05) is 11.6 Å². The average molecular weight is 223 g/mol. The Morgan fingerprint density at radius 1 is 1.38 bits per heavy atom. The molecule has 0 aliphatic heterocycles. The topological polar surface area (TPSA) is 83.6 Å². The standard InChI is InChI=1S/C10H6FNO4/c11-5-1-2-8(13)6(3-5)7-4-9(10(14)15)16-12-7/h1-4,13H,(H,14,15). The van der Waals surface area contributed by atoms with Gasteiger partial charge in [-0.15, -0.1) is 0 Å². The van der Waals surface area contributed by atoms with Crippen LogP contribution in [0, 0.1) is 5.82 Å². The SMILES string of the molecule is O=C(O)c1cc(-c2cc(F)ccc2O)no1. The highest BCUT2D eigenvalue weighted by Gasteiger charge is 2.15. The molecule has 1 aromatic carbocycles. The van der Waals surface area contributed by atoms with E-state index in [4.69, 9.17) is 5.11 Å². The summed E-state index contributed by atoms with van der Waals surface area (Å²) in [4.78, 5) is 10.5. The zero-order chi connectivity index (χ0) is 11.7. The maximum Gasteiger partial charge on any atom is 0.374 e. The van der Waals surface area contributed by atoms with Crippen LogP contribution in [-0.2, 0) is 0 Å². The molecule has 0 saturated carbocycles. The monoisotopic (exact) mass is 223 g/mol. The van der Waals surface area contributed by atoms with Crippen molar-refractivity contribution in [2.24, 2.45) is 0 Å². The van der Waals surface area contributed by atoms with Crippen molar-refractivity contribution in [1.82, 2.24) is 5.16 Å². The number of aromatic hydroxyl groups is 1. The smallest absolute Gasteiger partial charge is 0.374 e. The molecule has 2 aromatic rings. The first-order chi connectivity index (χ1) is 7.58. The second-order valence-corrected chi connectivity index (χ2v) is 3.04. The van der Waals surface area contributed by atoms with Crippen LogP contribution in [0.15, 0.2) is 28.8 Å². The summed E-state index contributed by atoms with van der Waals surface area (Å²) in [5.41, 5.74) is 0.144. The Bertz CT molecular complexity index is 550. The maximum absolute atomic E-state index is 12.9. The number of carboxylic acids is 1. The fraction of sp³-hybridized carbons (Fsp3) is 0. The Morgan fingerprint density at radius 3 is 2.75 bits per heavy atom. The highest BCUT2D eigenvalue weighted by molar-refractivity contribution is 5.86. The van der Waals surface area contributed by atoms with Crippen LogP contribution in [0.1, 0.15) is 10.6 Å². The van der Waals surface area contributed by atoms with E-state index in [0.29, 0.717) is 0 Å². The minimum absolute atomic E-state index is 0.0643. The van der Waals surface area contributed by atoms with Crippen LogP contribution in [0.25, 0.3) is 11.3 Å². The summed E-state index contributed by atoms with van der Waals surface area (Å²) in [7, 11) is 0. The van der Waals surface area contributed by atoms with Crippen molar-refractivity contribution in [3.05, 3.63) is 35.8 Å². The van der Waals surface area contributed by atoms with Crippen LogP contribution in [0.5, 0.6) is 5.75 Å². The van der Waals surface area contributed by atoms with Crippen LogP contribution < -0.4 is 0 Å². The zero-order valence-electron chi connectivity index (χ0n) is 7.85. The van der Waals surface area contributed by atoms with E-state index in [2.05, 4.69) is 9.68 Å². The minimum atomic E-state index is -1.28. The van der Waals surface area contributed by atoms with Gasteiger partial charge in [0.2, 0.25) is 5.76 Å². The molecule has 1 heterocycles. The number of hydrogen-bond acceptors (Lipinski definition) is 4. The third-order valence-electron chi connectivity index (χ3n) is 1.96.